The normalized spacial score (nSPS) is 17.9. The first-order valence-electron chi connectivity index (χ1n) is 10.8. The van der Waals surface area contributed by atoms with Gasteiger partial charge in [0.15, 0.2) is 5.56 Å². The number of alkyl halides is 3. The van der Waals surface area contributed by atoms with Gasteiger partial charge in [-0.05, 0) is 18.9 Å². The lowest BCUT2D eigenvalue weighted by Crippen LogP contribution is -2.39. The molecule has 1 aliphatic heterocycles. The number of rotatable bonds is 6. The second-order valence-corrected chi connectivity index (χ2v) is 8.41. The van der Waals surface area contributed by atoms with Gasteiger partial charge in [0.1, 0.15) is 5.65 Å². The smallest absolute Gasteiger partial charge is 0.393 e. The molecular formula is C21H24F3N5O5. The molecule has 0 spiro atoms. The summed E-state index contributed by atoms with van der Waals surface area (Å²) >= 11 is 0. The Morgan fingerprint density at radius 1 is 1.32 bits per heavy atom. The first-order chi connectivity index (χ1) is 16.1. The number of aromatic hydroxyl groups is 1. The monoisotopic (exact) mass is 483 g/mol. The van der Waals surface area contributed by atoms with Gasteiger partial charge in [-0.25, -0.2) is 0 Å². The molecule has 1 saturated carbocycles. The van der Waals surface area contributed by atoms with E-state index in [4.69, 9.17) is 4.74 Å². The fraction of sp³-hybridized carbons (Fsp3) is 0.524. The summed E-state index contributed by atoms with van der Waals surface area (Å²) < 4.78 is 46.8. The van der Waals surface area contributed by atoms with Crippen molar-refractivity contribution in [2.24, 2.45) is 5.92 Å². The minimum absolute atomic E-state index is 0.137. The van der Waals surface area contributed by atoms with E-state index >= 15 is 0 Å². The topological polar surface area (TPSA) is 118 Å². The number of fused-ring (bicyclic) bond motifs is 1. The van der Waals surface area contributed by atoms with E-state index < -0.39 is 41.5 Å². The predicted molar refractivity (Wildman–Crippen MR) is 113 cm³/mol. The zero-order chi connectivity index (χ0) is 24.6. The van der Waals surface area contributed by atoms with Crippen LogP contribution in [-0.4, -0.2) is 74.5 Å². The zero-order valence-electron chi connectivity index (χ0n) is 18.3. The van der Waals surface area contributed by atoms with Crippen molar-refractivity contribution in [1.82, 2.24) is 24.4 Å². The zero-order valence-corrected chi connectivity index (χ0v) is 18.3. The van der Waals surface area contributed by atoms with Gasteiger partial charge in [-0.1, -0.05) is 6.92 Å². The van der Waals surface area contributed by atoms with Crippen LogP contribution in [-0.2, 0) is 16.1 Å². The van der Waals surface area contributed by atoms with E-state index in [1.165, 1.54) is 18.3 Å². The molecule has 1 aliphatic carbocycles. The van der Waals surface area contributed by atoms with Crippen molar-refractivity contribution < 1.29 is 32.6 Å². The molecule has 2 aromatic rings. The molecule has 184 valence electrons. The van der Waals surface area contributed by atoms with Crippen LogP contribution in [0.5, 0.6) is 5.88 Å². The van der Waals surface area contributed by atoms with E-state index in [1.54, 1.807) is 4.90 Å². The summed E-state index contributed by atoms with van der Waals surface area (Å²) in [6, 6.07) is -0.146. The quantitative estimate of drug-likeness (QED) is 0.596. The van der Waals surface area contributed by atoms with Gasteiger partial charge in [0.05, 0.1) is 25.3 Å². The van der Waals surface area contributed by atoms with Crippen LogP contribution in [0.2, 0.25) is 0 Å². The summed E-state index contributed by atoms with van der Waals surface area (Å²) in [4.78, 5) is 39.7. The number of halogens is 3. The third kappa shape index (κ3) is 4.79. The number of carbonyl (C=O) groups is 2. The molecule has 4 rings (SSSR count). The molecule has 0 aromatic carbocycles. The van der Waals surface area contributed by atoms with Gasteiger partial charge in [-0.2, -0.15) is 22.8 Å². The molecule has 2 aliphatic rings. The van der Waals surface area contributed by atoms with Crippen molar-refractivity contribution in [3.05, 3.63) is 33.8 Å². The molecule has 2 amide bonds. The molecule has 2 fully saturated rings. The molecule has 1 saturated heterocycles. The van der Waals surface area contributed by atoms with Crippen molar-refractivity contribution in [2.45, 2.75) is 38.5 Å². The molecule has 34 heavy (non-hydrogen) atoms. The number of nitrogens with one attached hydrogen (secondary N) is 1. The van der Waals surface area contributed by atoms with Crippen molar-refractivity contribution in [2.75, 3.05) is 26.3 Å². The number of nitrogens with zero attached hydrogens (tertiary/aromatic N) is 4. The molecule has 10 nitrogen and oxygen atoms in total. The molecule has 2 aromatic heterocycles. The maximum atomic E-state index is 13.3. The maximum absolute atomic E-state index is 13.3. The second kappa shape index (κ2) is 9.12. The highest BCUT2D eigenvalue weighted by atomic mass is 19.4. The van der Waals surface area contributed by atoms with Gasteiger partial charge in [0.2, 0.25) is 11.8 Å². The number of morpholine rings is 1. The third-order valence-electron chi connectivity index (χ3n) is 5.79. The third-order valence-corrected chi connectivity index (χ3v) is 5.79. The van der Waals surface area contributed by atoms with Gasteiger partial charge in [-0.3, -0.25) is 19.0 Å². The molecule has 2 N–H and O–H groups in total. The van der Waals surface area contributed by atoms with E-state index in [2.05, 4.69) is 10.4 Å². The van der Waals surface area contributed by atoms with Crippen LogP contribution in [0.1, 0.15) is 35.7 Å². The Balaban J connectivity index is 1.78. The highest BCUT2D eigenvalue weighted by Crippen LogP contribution is 2.29. The number of ether oxygens (including phenoxy) is 1. The minimum atomic E-state index is -4.60. The van der Waals surface area contributed by atoms with Crippen molar-refractivity contribution in [3.8, 4) is 5.88 Å². The van der Waals surface area contributed by atoms with Crippen LogP contribution < -0.4 is 10.9 Å². The average Bonchev–Trinajstić information content (AvgIpc) is 3.50. The largest absolute Gasteiger partial charge is 0.492 e. The van der Waals surface area contributed by atoms with Crippen LogP contribution in [0.4, 0.5) is 13.2 Å². The fourth-order valence-electron chi connectivity index (χ4n) is 3.61. The van der Waals surface area contributed by atoms with Gasteiger partial charge in [-0.15, -0.1) is 0 Å². The SMILES string of the molecule is CC(Cn1c(=O)c(C(=O)NC2CC2)c(O)n2ncc(C=CC(=O)N3CCOCC3)c12)C(F)(F)F. The molecule has 0 bridgehead atoms. The van der Waals surface area contributed by atoms with Crippen LogP contribution in [0.25, 0.3) is 11.7 Å². The van der Waals surface area contributed by atoms with Crippen LogP contribution in [0.15, 0.2) is 17.1 Å². The summed E-state index contributed by atoms with van der Waals surface area (Å²) in [7, 11) is 0. The van der Waals surface area contributed by atoms with Crippen molar-refractivity contribution in [3.63, 3.8) is 0 Å². The van der Waals surface area contributed by atoms with Gasteiger partial charge in [0.25, 0.3) is 11.5 Å². The lowest BCUT2D eigenvalue weighted by molar-refractivity contribution is -0.172. The van der Waals surface area contributed by atoms with Crippen molar-refractivity contribution in [1.29, 1.82) is 0 Å². The maximum Gasteiger partial charge on any atom is 0.393 e. The molecular weight excluding hydrogens is 459 g/mol. The van der Waals surface area contributed by atoms with Crippen molar-refractivity contribution >= 4 is 23.5 Å². The Hall–Kier alpha value is -3.35. The molecule has 1 unspecified atom stereocenters. The van der Waals surface area contributed by atoms with E-state index in [9.17, 15) is 32.7 Å². The number of aromatic nitrogens is 3. The first-order valence-corrected chi connectivity index (χ1v) is 10.8. The van der Waals surface area contributed by atoms with Gasteiger partial charge >= 0.3 is 6.18 Å². The minimum Gasteiger partial charge on any atom is -0.492 e. The fourth-order valence-corrected chi connectivity index (χ4v) is 3.61. The molecule has 3 heterocycles. The van der Waals surface area contributed by atoms with Gasteiger partial charge in [0, 0.05) is 37.3 Å². The second-order valence-electron chi connectivity index (χ2n) is 8.41. The van der Waals surface area contributed by atoms with E-state index in [0.717, 1.165) is 16.0 Å². The lowest BCUT2D eigenvalue weighted by Gasteiger charge is -2.25. The highest BCUT2D eigenvalue weighted by Gasteiger charge is 2.38. The summed E-state index contributed by atoms with van der Waals surface area (Å²) in [6.45, 7) is 1.68. The van der Waals surface area contributed by atoms with E-state index in [0.29, 0.717) is 39.1 Å². The number of hydrogen-bond donors (Lipinski definition) is 2. The molecule has 0 radical (unpaired) electrons. The Bertz CT molecular complexity index is 1190. The number of carbonyl (C=O) groups excluding carboxylic acids is 2. The lowest BCUT2D eigenvalue weighted by atomic mass is 10.1. The standard InChI is InChI=1S/C21H24F3N5O5/c1-12(21(22,23)24)11-28-18-13(2-5-15(30)27-6-8-34-9-7-27)10-25-29(18)20(33)16(19(28)32)17(31)26-14-3-4-14/h2,5,10,12,14,33H,3-4,6-9,11H2,1H3,(H,26,31). The van der Waals surface area contributed by atoms with E-state index in [1.807, 2.05) is 0 Å². The summed E-state index contributed by atoms with van der Waals surface area (Å²) in [5.74, 6) is -3.94. The van der Waals surface area contributed by atoms with Gasteiger partial charge < -0.3 is 20.1 Å². The van der Waals surface area contributed by atoms with Crippen LogP contribution in [0.3, 0.4) is 0 Å². The average molecular weight is 483 g/mol. The van der Waals surface area contributed by atoms with Crippen LogP contribution in [0, 0.1) is 5.92 Å². The predicted octanol–water partition coefficient (Wildman–Crippen LogP) is 1.16. The highest BCUT2D eigenvalue weighted by molar-refractivity contribution is 5.97. The summed E-state index contributed by atoms with van der Waals surface area (Å²) in [5.41, 5.74) is -1.78. The Morgan fingerprint density at radius 2 is 2.00 bits per heavy atom. The Kier molecular flexibility index (Phi) is 6.39. The number of hydrogen-bond acceptors (Lipinski definition) is 6. The van der Waals surface area contributed by atoms with Crippen LogP contribution >= 0.6 is 0 Å². The summed E-state index contributed by atoms with van der Waals surface area (Å²) in [5, 5.41) is 17.2. The number of amides is 2. The molecule has 13 heteroatoms. The van der Waals surface area contributed by atoms with E-state index in [-0.39, 0.29) is 23.2 Å². The molecule has 1 atom stereocenters. The summed E-state index contributed by atoms with van der Waals surface area (Å²) in [6.07, 6.45) is 0.554. The Morgan fingerprint density at radius 3 is 2.62 bits per heavy atom. The Labute approximate surface area is 191 Å². The first kappa shape index (κ1) is 23.8.